The number of aromatic nitrogens is 1. The van der Waals surface area contributed by atoms with Crippen LogP contribution in [0.2, 0.25) is 0 Å². The molecule has 1 heteroatoms. The monoisotopic (exact) mass is 305 g/mol. The summed E-state index contributed by atoms with van der Waals surface area (Å²) >= 11 is 0. The van der Waals surface area contributed by atoms with Crippen LogP contribution in [-0.4, -0.2) is 0 Å². The Morgan fingerprint density at radius 2 is 1.39 bits per heavy atom. The van der Waals surface area contributed by atoms with Crippen LogP contribution in [0.15, 0.2) is 54.6 Å². The van der Waals surface area contributed by atoms with E-state index in [0.29, 0.717) is 5.56 Å². The molecule has 0 atom stereocenters. The molecule has 0 amide bonds. The molecule has 1 heterocycles. The molecule has 3 aromatic rings. The van der Waals surface area contributed by atoms with E-state index >= 15 is 0 Å². The minimum absolute atomic E-state index is 0.383. The second-order valence-electron chi connectivity index (χ2n) is 6.21. The molecule has 0 N–H and O–H groups in total. The fourth-order valence-corrected chi connectivity index (χ4v) is 3.12. The van der Waals surface area contributed by atoms with E-state index in [-0.39, 0.29) is 0 Å². The second kappa shape index (κ2) is 6.00. The van der Waals surface area contributed by atoms with Gasteiger partial charge >= 0.3 is 0 Å². The van der Waals surface area contributed by atoms with Gasteiger partial charge in [-0.15, -0.1) is 0 Å². The first kappa shape index (κ1) is 12.1. The average molecular weight is 305 g/mol. The van der Waals surface area contributed by atoms with Crippen LogP contribution in [0.3, 0.4) is 0 Å². The Balaban J connectivity index is 2.20. The summed E-state index contributed by atoms with van der Waals surface area (Å²) in [6, 6.07) is 18.1. The first-order chi connectivity index (χ1) is 12.2. The van der Waals surface area contributed by atoms with Gasteiger partial charge in [-0.05, 0) is 56.4 Å². The van der Waals surface area contributed by atoms with E-state index in [1.54, 1.807) is 12.1 Å². The lowest BCUT2D eigenvalue weighted by Gasteiger charge is -2.11. The normalized spacial score (nSPS) is 13.3. The van der Waals surface area contributed by atoms with Crippen molar-refractivity contribution in [1.29, 1.82) is 0 Å². The lowest BCUT2D eigenvalue weighted by Crippen LogP contribution is -2.34. The lowest BCUT2D eigenvalue weighted by atomic mass is 9.98. The van der Waals surface area contributed by atoms with E-state index in [9.17, 15) is 0 Å². The Morgan fingerprint density at radius 1 is 0.739 bits per heavy atom. The molecule has 0 radical (unpaired) electrons. The van der Waals surface area contributed by atoms with E-state index < -0.39 is 6.85 Å². The van der Waals surface area contributed by atoms with Crippen molar-refractivity contribution < 1.29 is 8.68 Å². The molecule has 0 spiro atoms. The molecule has 0 unspecified atom stereocenters. The Kier molecular flexibility index (Phi) is 3.15. The highest BCUT2D eigenvalue weighted by Crippen LogP contribution is 2.27. The van der Waals surface area contributed by atoms with Crippen LogP contribution in [-0.2, 0) is 7.05 Å². The summed E-state index contributed by atoms with van der Waals surface area (Å²) in [5, 5.41) is 0. The summed E-state index contributed by atoms with van der Waals surface area (Å²) in [5.41, 5.74) is 8.25. The summed E-state index contributed by atoms with van der Waals surface area (Å²) in [4.78, 5) is 0. The molecule has 0 aliphatic rings. The molecule has 116 valence electrons. The van der Waals surface area contributed by atoms with Crippen LogP contribution in [0.4, 0.5) is 0 Å². The Labute approximate surface area is 143 Å². The van der Waals surface area contributed by atoms with E-state index in [0.717, 1.165) is 22.5 Å². The molecule has 0 aliphatic carbocycles. The van der Waals surface area contributed by atoms with Crippen molar-refractivity contribution in [2.24, 2.45) is 7.05 Å². The van der Waals surface area contributed by atoms with Gasteiger partial charge in [-0.25, -0.2) is 0 Å². The fourth-order valence-electron chi connectivity index (χ4n) is 3.12. The van der Waals surface area contributed by atoms with Crippen molar-refractivity contribution in [1.82, 2.24) is 0 Å². The smallest absolute Gasteiger partial charge is 0.194 e. The molecular weight excluding hydrogens is 278 g/mol. The van der Waals surface area contributed by atoms with Crippen molar-refractivity contribution in [3.63, 3.8) is 0 Å². The highest BCUT2D eigenvalue weighted by molar-refractivity contribution is 5.66. The predicted octanol–water partition coefficient (Wildman–Crippen LogP) is 5.08. The minimum Gasteiger partial charge on any atom is -0.194 e. The van der Waals surface area contributed by atoms with Crippen molar-refractivity contribution in [3.05, 3.63) is 76.9 Å². The third kappa shape index (κ3) is 2.92. The van der Waals surface area contributed by atoms with Gasteiger partial charge in [0, 0.05) is 27.4 Å². The maximum Gasteiger partial charge on any atom is 0.213 e. The molecule has 23 heavy (non-hydrogen) atoms. The number of rotatable bonds is 2. The van der Waals surface area contributed by atoms with Crippen LogP contribution in [0.25, 0.3) is 22.5 Å². The molecule has 0 saturated heterocycles. The fraction of sp³-hybridized carbons (Fsp3) is 0.227. The molecular formula is C22H24N+. The van der Waals surface area contributed by atoms with Crippen molar-refractivity contribution >= 4 is 0 Å². The molecule has 0 saturated carbocycles. The van der Waals surface area contributed by atoms with Gasteiger partial charge in [0.25, 0.3) is 0 Å². The molecule has 1 aromatic heterocycles. The number of hydrogen-bond donors (Lipinski definition) is 0. The van der Waals surface area contributed by atoms with Gasteiger partial charge in [0.15, 0.2) is 0 Å². The Morgan fingerprint density at radius 3 is 2.00 bits per heavy atom. The summed E-state index contributed by atoms with van der Waals surface area (Å²) in [5.74, 6) is 0. The minimum atomic E-state index is -2.08. The lowest BCUT2D eigenvalue weighted by molar-refractivity contribution is -0.649. The number of benzene rings is 2. The zero-order chi connectivity index (χ0) is 19.1. The largest absolute Gasteiger partial charge is 0.213 e. The molecule has 0 fully saturated rings. The van der Waals surface area contributed by atoms with Crippen LogP contribution in [0.5, 0.6) is 0 Å². The first-order valence-corrected chi connectivity index (χ1v) is 7.86. The number of aryl methyl sites for hydroxylation is 4. The molecule has 1 nitrogen and oxygen atoms in total. The average Bonchev–Trinajstić information content (AvgIpc) is 2.56. The molecule has 2 aromatic carbocycles. The van der Waals surface area contributed by atoms with Gasteiger partial charge in [-0.3, -0.25) is 0 Å². The van der Waals surface area contributed by atoms with Crippen molar-refractivity contribution in [2.75, 3.05) is 0 Å². The summed E-state index contributed by atoms with van der Waals surface area (Å²) in [6.07, 6.45) is 0. The van der Waals surface area contributed by atoms with Gasteiger partial charge in [-0.1, -0.05) is 35.9 Å². The third-order valence-corrected chi connectivity index (χ3v) is 4.37. The summed E-state index contributed by atoms with van der Waals surface area (Å²) in [6.45, 7) is 4.11. The second-order valence-corrected chi connectivity index (χ2v) is 6.21. The van der Waals surface area contributed by atoms with Crippen LogP contribution < -0.4 is 4.57 Å². The van der Waals surface area contributed by atoms with E-state index in [1.165, 1.54) is 16.7 Å². The van der Waals surface area contributed by atoms with E-state index in [1.807, 2.05) is 19.1 Å². The zero-order valence-corrected chi connectivity index (χ0v) is 14.1. The van der Waals surface area contributed by atoms with Gasteiger partial charge in [0.05, 0.1) is 0 Å². The third-order valence-electron chi connectivity index (χ3n) is 4.37. The van der Waals surface area contributed by atoms with Crippen LogP contribution >= 0.6 is 0 Å². The maximum atomic E-state index is 7.62. The quantitative estimate of drug-likeness (QED) is 0.581. The Bertz CT molecular complexity index is 972. The number of pyridine rings is 1. The van der Waals surface area contributed by atoms with Crippen LogP contribution in [0.1, 0.15) is 26.4 Å². The zero-order valence-electron chi connectivity index (χ0n) is 17.1. The van der Waals surface area contributed by atoms with Crippen LogP contribution in [0, 0.1) is 27.6 Å². The highest BCUT2D eigenvalue weighted by atomic mass is 14.9. The predicted molar refractivity (Wildman–Crippen MR) is 97.4 cm³/mol. The SMILES string of the molecule is [2H]C([2H])([2H])c1ccc(-c2cc(C)cc(-c3ccccc3C)[n+]2C)c(C)c1. The van der Waals surface area contributed by atoms with E-state index in [4.69, 9.17) is 4.11 Å². The van der Waals surface area contributed by atoms with Crippen molar-refractivity contribution in [2.45, 2.75) is 27.6 Å². The summed E-state index contributed by atoms with van der Waals surface area (Å²) in [7, 11) is 2.06. The van der Waals surface area contributed by atoms with Gasteiger partial charge in [0.2, 0.25) is 11.4 Å². The standard InChI is InChI=1S/C22H24N/c1-15-10-11-20(18(4)12-15)22-14-16(2)13-21(23(22)5)19-9-7-6-8-17(19)3/h6-14H,1-5H3/q+1/i1D3. The first-order valence-electron chi connectivity index (χ1n) is 9.36. The number of nitrogens with zero attached hydrogens (tertiary/aromatic N) is 1. The summed E-state index contributed by atoms with van der Waals surface area (Å²) < 4.78 is 25.0. The van der Waals surface area contributed by atoms with Gasteiger partial charge < -0.3 is 0 Å². The highest BCUT2D eigenvalue weighted by Gasteiger charge is 2.19. The van der Waals surface area contributed by atoms with E-state index in [2.05, 4.69) is 55.8 Å². The molecule has 0 aliphatic heterocycles. The maximum absolute atomic E-state index is 7.62. The molecule has 3 rings (SSSR count). The topological polar surface area (TPSA) is 3.88 Å². The Hall–Kier alpha value is -2.41. The number of hydrogen-bond acceptors (Lipinski definition) is 0. The van der Waals surface area contributed by atoms with Gasteiger partial charge in [-0.2, -0.15) is 4.57 Å². The van der Waals surface area contributed by atoms with Gasteiger partial charge in [0.1, 0.15) is 7.05 Å². The molecule has 0 bridgehead atoms. The van der Waals surface area contributed by atoms with Crippen molar-refractivity contribution in [3.8, 4) is 22.5 Å².